The zero-order valence-electron chi connectivity index (χ0n) is 12.2. The van der Waals surface area contributed by atoms with Gasteiger partial charge < -0.3 is 10.6 Å². The van der Waals surface area contributed by atoms with Gasteiger partial charge in [-0.25, -0.2) is 12.8 Å². The number of benzene rings is 1. The van der Waals surface area contributed by atoms with Gasteiger partial charge in [0.25, 0.3) is 0 Å². The lowest BCUT2D eigenvalue weighted by Gasteiger charge is -2.18. The maximum atomic E-state index is 13.7. The van der Waals surface area contributed by atoms with Gasteiger partial charge in [0.15, 0.2) is 0 Å². The molecular formula is C14H18FN3O3S. The maximum Gasteiger partial charge on any atom is 0.243 e. The number of fused-ring (bicyclic) bond motifs is 1. The molecule has 0 unspecified atom stereocenters. The van der Waals surface area contributed by atoms with E-state index in [9.17, 15) is 17.6 Å². The number of carbonyl (C=O) groups excluding carboxylic acids is 1. The van der Waals surface area contributed by atoms with Crippen LogP contribution in [0.1, 0.15) is 6.92 Å². The van der Waals surface area contributed by atoms with E-state index in [-0.39, 0.29) is 10.6 Å². The fourth-order valence-corrected chi connectivity index (χ4v) is 4.69. The smallest absolute Gasteiger partial charge is 0.243 e. The Labute approximate surface area is 128 Å². The number of sulfonamides is 1. The summed E-state index contributed by atoms with van der Waals surface area (Å²) in [7, 11) is -3.67. The zero-order valence-corrected chi connectivity index (χ0v) is 13.0. The van der Waals surface area contributed by atoms with E-state index in [4.69, 9.17) is 0 Å². The summed E-state index contributed by atoms with van der Waals surface area (Å²) >= 11 is 0. The third-order valence-electron chi connectivity index (χ3n) is 4.24. The Balaban J connectivity index is 1.88. The van der Waals surface area contributed by atoms with E-state index in [0.29, 0.717) is 24.9 Å². The van der Waals surface area contributed by atoms with Gasteiger partial charge in [0.05, 0.1) is 10.6 Å². The van der Waals surface area contributed by atoms with Crippen molar-refractivity contribution >= 4 is 21.6 Å². The Bertz CT molecular complexity index is 695. The predicted molar refractivity (Wildman–Crippen MR) is 79.3 cm³/mol. The average Bonchev–Trinajstić information content (AvgIpc) is 3.01. The fraction of sp³-hybridized carbons (Fsp3) is 0.500. The molecule has 2 saturated heterocycles. The molecule has 0 aromatic heterocycles. The molecule has 8 heteroatoms. The molecule has 0 spiro atoms. The summed E-state index contributed by atoms with van der Waals surface area (Å²) in [6, 6.07) is 3.48. The second kappa shape index (κ2) is 5.60. The van der Waals surface area contributed by atoms with Gasteiger partial charge in [-0.15, -0.1) is 0 Å². The minimum Gasteiger partial charge on any atom is -0.324 e. The Morgan fingerprint density at radius 1 is 1.32 bits per heavy atom. The molecule has 2 N–H and O–H groups in total. The van der Waals surface area contributed by atoms with Gasteiger partial charge in [0.2, 0.25) is 15.9 Å². The Hall–Kier alpha value is -1.51. The van der Waals surface area contributed by atoms with E-state index < -0.39 is 21.7 Å². The molecule has 2 aliphatic heterocycles. The van der Waals surface area contributed by atoms with Gasteiger partial charge >= 0.3 is 0 Å². The molecule has 0 saturated carbocycles. The highest BCUT2D eigenvalue weighted by molar-refractivity contribution is 7.89. The molecular weight excluding hydrogens is 309 g/mol. The van der Waals surface area contributed by atoms with Crippen molar-refractivity contribution < 1.29 is 17.6 Å². The molecule has 0 aliphatic carbocycles. The summed E-state index contributed by atoms with van der Waals surface area (Å²) < 4.78 is 40.5. The summed E-state index contributed by atoms with van der Waals surface area (Å²) in [6.45, 7) is 3.86. The molecule has 120 valence electrons. The van der Waals surface area contributed by atoms with E-state index in [1.165, 1.54) is 23.4 Å². The van der Waals surface area contributed by atoms with Crippen LogP contribution in [0.25, 0.3) is 0 Å². The number of amides is 1. The van der Waals surface area contributed by atoms with Crippen molar-refractivity contribution in [1.29, 1.82) is 0 Å². The van der Waals surface area contributed by atoms with Crippen LogP contribution in [0.2, 0.25) is 0 Å². The van der Waals surface area contributed by atoms with Crippen LogP contribution in [0, 0.1) is 17.7 Å². The van der Waals surface area contributed by atoms with Crippen LogP contribution < -0.4 is 10.6 Å². The van der Waals surface area contributed by atoms with Crippen LogP contribution in [0.15, 0.2) is 23.1 Å². The lowest BCUT2D eigenvalue weighted by molar-refractivity contribution is -0.114. The Morgan fingerprint density at radius 2 is 1.95 bits per heavy atom. The molecule has 0 radical (unpaired) electrons. The van der Waals surface area contributed by atoms with E-state index in [1.807, 2.05) is 0 Å². The van der Waals surface area contributed by atoms with Crippen molar-refractivity contribution in [2.24, 2.45) is 11.8 Å². The molecule has 3 rings (SSSR count). The molecule has 2 atom stereocenters. The summed E-state index contributed by atoms with van der Waals surface area (Å²) in [5.41, 5.74) is -0.116. The zero-order chi connectivity index (χ0) is 15.9. The monoisotopic (exact) mass is 327 g/mol. The van der Waals surface area contributed by atoms with E-state index in [0.717, 1.165) is 19.2 Å². The van der Waals surface area contributed by atoms with Crippen LogP contribution in [0.5, 0.6) is 0 Å². The first-order valence-corrected chi connectivity index (χ1v) is 8.60. The Kier molecular flexibility index (Phi) is 3.92. The van der Waals surface area contributed by atoms with Crippen LogP contribution in [0.3, 0.4) is 0 Å². The standard InChI is InChI=1S/C14H18FN3O3S/c1-9(19)17-14-4-12(2-3-13(14)15)22(20,21)18-7-10-5-16-6-11(10)8-18/h2-4,10-11,16H,5-8H2,1H3,(H,17,19)/t10-,11+. The lowest BCUT2D eigenvalue weighted by atomic mass is 10.0. The van der Waals surface area contributed by atoms with Crippen molar-refractivity contribution in [1.82, 2.24) is 9.62 Å². The van der Waals surface area contributed by atoms with Gasteiger partial charge in [-0.1, -0.05) is 0 Å². The third kappa shape index (κ3) is 2.73. The largest absolute Gasteiger partial charge is 0.324 e. The number of rotatable bonds is 3. The fourth-order valence-electron chi connectivity index (χ4n) is 3.11. The molecule has 2 aliphatic rings. The number of nitrogens with zero attached hydrogens (tertiary/aromatic N) is 1. The molecule has 1 amide bonds. The molecule has 22 heavy (non-hydrogen) atoms. The van der Waals surface area contributed by atoms with Crippen molar-refractivity contribution in [3.05, 3.63) is 24.0 Å². The van der Waals surface area contributed by atoms with Crippen LogP contribution in [-0.2, 0) is 14.8 Å². The molecule has 0 bridgehead atoms. The van der Waals surface area contributed by atoms with Gasteiger partial charge in [-0.05, 0) is 43.1 Å². The van der Waals surface area contributed by atoms with Gasteiger partial charge in [0, 0.05) is 20.0 Å². The van der Waals surface area contributed by atoms with Crippen molar-refractivity contribution in [3.63, 3.8) is 0 Å². The quantitative estimate of drug-likeness (QED) is 0.853. The van der Waals surface area contributed by atoms with Gasteiger partial charge in [-0.3, -0.25) is 4.79 Å². The summed E-state index contributed by atoms with van der Waals surface area (Å²) in [6.07, 6.45) is 0. The summed E-state index contributed by atoms with van der Waals surface area (Å²) in [5.74, 6) is -0.429. The number of halogens is 1. The minimum atomic E-state index is -3.67. The average molecular weight is 327 g/mol. The lowest BCUT2D eigenvalue weighted by Crippen LogP contribution is -2.32. The number of nitrogens with one attached hydrogen (secondary N) is 2. The first-order valence-electron chi connectivity index (χ1n) is 7.16. The first-order chi connectivity index (χ1) is 10.4. The minimum absolute atomic E-state index is 0.00517. The van der Waals surface area contributed by atoms with Crippen molar-refractivity contribution in [2.75, 3.05) is 31.5 Å². The highest BCUT2D eigenvalue weighted by atomic mass is 32.2. The second-order valence-corrected chi connectivity index (χ2v) is 7.76. The highest BCUT2D eigenvalue weighted by Crippen LogP contribution is 2.31. The Morgan fingerprint density at radius 3 is 2.55 bits per heavy atom. The van der Waals surface area contributed by atoms with Gasteiger partial charge in [-0.2, -0.15) is 4.31 Å². The first kappa shape index (κ1) is 15.4. The van der Waals surface area contributed by atoms with Crippen LogP contribution in [0.4, 0.5) is 10.1 Å². The van der Waals surface area contributed by atoms with E-state index >= 15 is 0 Å². The van der Waals surface area contributed by atoms with Crippen molar-refractivity contribution in [3.8, 4) is 0 Å². The topological polar surface area (TPSA) is 78.5 Å². The number of hydrogen-bond donors (Lipinski definition) is 2. The molecule has 1 aromatic carbocycles. The van der Waals surface area contributed by atoms with E-state index in [1.54, 1.807) is 0 Å². The summed E-state index contributed by atoms with van der Waals surface area (Å²) in [4.78, 5) is 11.1. The molecule has 2 fully saturated rings. The van der Waals surface area contributed by atoms with Crippen LogP contribution >= 0.6 is 0 Å². The van der Waals surface area contributed by atoms with E-state index in [2.05, 4.69) is 10.6 Å². The highest BCUT2D eigenvalue weighted by Gasteiger charge is 2.41. The maximum absolute atomic E-state index is 13.7. The number of anilines is 1. The molecule has 6 nitrogen and oxygen atoms in total. The predicted octanol–water partition coefficient (Wildman–Crippen LogP) is 0.624. The molecule has 1 aromatic rings. The number of carbonyl (C=O) groups is 1. The van der Waals surface area contributed by atoms with Crippen molar-refractivity contribution in [2.45, 2.75) is 11.8 Å². The third-order valence-corrected chi connectivity index (χ3v) is 6.07. The normalized spacial score (nSPS) is 25.2. The molecule has 2 heterocycles. The summed E-state index contributed by atoms with van der Waals surface area (Å²) in [5, 5.41) is 5.56. The second-order valence-electron chi connectivity index (χ2n) is 5.82. The van der Waals surface area contributed by atoms with Crippen LogP contribution in [-0.4, -0.2) is 44.8 Å². The van der Waals surface area contributed by atoms with Gasteiger partial charge in [0.1, 0.15) is 5.82 Å². The number of hydrogen-bond acceptors (Lipinski definition) is 4. The SMILES string of the molecule is CC(=O)Nc1cc(S(=O)(=O)N2C[C@H]3CNC[C@H]3C2)ccc1F.